The average Bonchev–Trinajstić information content (AvgIpc) is 2.94. The quantitative estimate of drug-likeness (QED) is 0.174. The Kier molecular flexibility index (Phi) is 8.20. The summed E-state index contributed by atoms with van der Waals surface area (Å²) in [6, 6.07) is 9.38. The van der Waals surface area contributed by atoms with Crippen LogP contribution >= 0.6 is 0 Å². The van der Waals surface area contributed by atoms with Gasteiger partial charge in [0.15, 0.2) is 17.8 Å². The zero-order chi connectivity index (χ0) is 29.6. The number of aliphatic hydroxyl groups excluding tert-OH is 6. The van der Waals surface area contributed by atoms with Crippen LogP contribution < -0.4 is 10.2 Å². The van der Waals surface area contributed by atoms with Crippen molar-refractivity contribution >= 4 is 11.0 Å². The smallest absolute Gasteiger partial charge is 0.229 e. The van der Waals surface area contributed by atoms with Gasteiger partial charge in [-0.3, -0.25) is 4.79 Å². The Balaban J connectivity index is 1.47. The van der Waals surface area contributed by atoms with Crippen LogP contribution in [-0.2, 0) is 14.2 Å². The Bertz CT molecular complexity index is 1420. The van der Waals surface area contributed by atoms with Gasteiger partial charge in [0.25, 0.3) is 0 Å². The molecule has 222 valence electrons. The van der Waals surface area contributed by atoms with E-state index in [0.29, 0.717) is 5.56 Å². The van der Waals surface area contributed by atoms with E-state index in [4.69, 9.17) is 23.4 Å². The first-order chi connectivity index (χ1) is 19.5. The molecule has 0 bridgehead atoms. The molecule has 0 amide bonds. The lowest BCUT2D eigenvalue weighted by Gasteiger charge is -2.45. The molecule has 0 radical (unpaired) electrons. The summed E-state index contributed by atoms with van der Waals surface area (Å²) in [4.78, 5) is 12.8. The molecule has 2 aliphatic heterocycles. The Hall–Kier alpha value is -3.31. The van der Waals surface area contributed by atoms with Crippen LogP contribution in [0.25, 0.3) is 22.3 Å². The van der Waals surface area contributed by atoms with Crippen LogP contribution in [0, 0.1) is 0 Å². The third-order valence-corrected chi connectivity index (χ3v) is 7.11. The predicted octanol–water partition coefficient (Wildman–Crippen LogP) is -1.10. The summed E-state index contributed by atoms with van der Waals surface area (Å²) in [5, 5.41) is 81.4. The van der Waals surface area contributed by atoms with Crippen molar-refractivity contribution in [3.05, 3.63) is 52.7 Å². The number of fused-ring (bicyclic) bond motifs is 1. The predicted molar refractivity (Wildman–Crippen MR) is 137 cm³/mol. The van der Waals surface area contributed by atoms with Crippen LogP contribution in [0.3, 0.4) is 0 Å². The molecule has 0 aliphatic carbocycles. The maximum absolute atomic E-state index is 12.8. The fourth-order valence-corrected chi connectivity index (χ4v) is 4.79. The molecule has 0 unspecified atom stereocenters. The van der Waals surface area contributed by atoms with Gasteiger partial charge in [0.2, 0.25) is 6.29 Å². The van der Waals surface area contributed by atoms with Crippen LogP contribution in [0.4, 0.5) is 0 Å². The van der Waals surface area contributed by atoms with E-state index in [-0.39, 0.29) is 28.2 Å². The van der Waals surface area contributed by atoms with Crippen LogP contribution in [0.5, 0.6) is 17.2 Å². The van der Waals surface area contributed by atoms with E-state index in [1.807, 2.05) is 0 Å². The molecular weight excluding hydrogens is 548 g/mol. The first-order valence-electron chi connectivity index (χ1n) is 12.7. The molecule has 2 fully saturated rings. The molecule has 1 aromatic heterocycles. The summed E-state index contributed by atoms with van der Waals surface area (Å²) in [7, 11) is 0. The number of ether oxygens (including phenoxy) is 4. The van der Waals surface area contributed by atoms with E-state index in [0.717, 1.165) is 6.07 Å². The first-order valence-corrected chi connectivity index (χ1v) is 12.7. The summed E-state index contributed by atoms with van der Waals surface area (Å²) in [5.74, 6) is -0.498. The van der Waals surface area contributed by atoms with Crippen molar-refractivity contribution < 1.29 is 64.2 Å². The highest BCUT2D eigenvalue weighted by Crippen LogP contribution is 2.35. The molecule has 8 N–H and O–H groups in total. The van der Waals surface area contributed by atoms with E-state index in [1.54, 1.807) is 0 Å². The Morgan fingerprint density at radius 1 is 0.829 bits per heavy atom. The maximum Gasteiger partial charge on any atom is 0.229 e. The number of hydrogen-bond acceptors (Lipinski definition) is 14. The van der Waals surface area contributed by atoms with Crippen molar-refractivity contribution in [2.45, 2.75) is 68.3 Å². The highest BCUT2D eigenvalue weighted by atomic mass is 16.8. The molecule has 2 saturated heterocycles. The largest absolute Gasteiger partial charge is 0.508 e. The fourth-order valence-electron chi connectivity index (χ4n) is 4.79. The number of phenolic OH excluding ortho intramolecular Hbond substituents is 2. The molecule has 3 aromatic rings. The summed E-state index contributed by atoms with van der Waals surface area (Å²) < 4.78 is 28.4. The summed E-state index contributed by atoms with van der Waals surface area (Å²) in [6.07, 6.45) is -15.3. The number of aliphatic hydroxyl groups is 6. The number of hydrogen-bond donors (Lipinski definition) is 8. The lowest BCUT2D eigenvalue weighted by Crippen LogP contribution is -2.64. The Morgan fingerprint density at radius 2 is 1.54 bits per heavy atom. The number of aromatic hydroxyl groups is 2. The van der Waals surface area contributed by atoms with Crippen molar-refractivity contribution in [2.75, 3.05) is 6.61 Å². The van der Waals surface area contributed by atoms with Crippen molar-refractivity contribution in [1.82, 2.24) is 0 Å². The van der Waals surface area contributed by atoms with Gasteiger partial charge in [-0.1, -0.05) is 0 Å². The minimum Gasteiger partial charge on any atom is -0.508 e. The number of benzene rings is 2. The Morgan fingerprint density at radius 3 is 2.22 bits per heavy atom. The number of phenols is 2. The topological polar surface area (TPSA) is 229 Å². The van der Waals surface area contributed by atoms with Crippen molar-refractivity contribution in [3.8, 4) is 28.6 Å². The molecule has 41 heavy (non-hydrogen) atoms. The second-order valence-electron chi connectivity index (χ2n) is 9.94. The van der Waals surface area contributed by atoms with E-state index < -0.39 is 79.2 Å². The van der Waals surface area contributed by atoms with Gasteiger partial charge in [-0.15, -0.1) is 0 Å². The second-order valence-corrected chi connectivity index (χ2v) is 9.94. The van der Waals surface area contributed by atoms with Crippen LogP contribution in [0.15, 0.2) is 51.7 Å². The highest BCUT2D eigenvalue weighted by Gasteiger charge is 2.50. The molecular formula is C27H30O14. The monoisotopic (exact) mass is 578 g/mol. The van der Waals surface area contributed by atoms with Crippen LogP contribution in [0.2, 0.25) is 0 Å². The SMILES string of the molecule is C[C@H]1O[C@@H](O[C@H]2[C@@H](Oc3cc(O)c4c(=O)cc(-c5ccc(O)cc5)oc4c3)O[C@@H](CO)[C@@H](O)[C@H]2O)[C@@H](O)[C@@H](O)[C@@H]1O. The standard InChI is InChI=1S/C27H30O14/c1-10-20(32)22(34)24(36)26(37-10)41-25-23(35)21(33)18(9-28)40-27(25)38-13-6-14(30)19-15(31)8-16(39-17(19)7-13)11-2-4-12(29)5-3-11/h2-8,10,18,20-30,32-36H,9H2,1H3/t10-,18+,20-,21-,22+,23-,24+,25-,26+,27+/m1/s1. The van der Waals surface area contributed by atoms with E-state index in [2.05, 4.69) is 0 Å². The lowest BCUT2D eigenvalue weighted by molar-refractivity contribution is -0.354. The Labute approximate surface area is 231 Å². The van der Waals surface area contributed by atoms with Gasteiger partial charge in [0.1, 0.15) is 70.6 Å². The van der Waals surface area contributed by atoms with Crippen molar-refractivity contribution in [3.63, 3.8) is 0 Å². The number of rotatable bonds is 6. The first kappa shape index (κ1) is 29.2. The molecule has 5 rings (SSSR count). The molecule has 0 saturated carbocycles. The molecule has 10 atom stereocenters. The van der Waals surface area contributed by atoms with Gasteiger partial charge in [0, 0.05) is 23.8 Å². The molecule has 14 nitrogen and oxygen atoms in total. The minimum atomic E-state index is -1.76. The summed E-state index contributed by atoms with van der Waals surface area (Å²) in [6.45, 7) is 0.704. The summed E-state index contributed by atoms with van der Waals surface area (Å²) in [5.41, 5.74) is -0.182. The maximum atomic E-state index is 12.8. The van der Waals surface area contributed by atoms with Gasteiger partial charge >= 0.3 is 0 Å². The van der Waals surface area contributed by atoms with E-state index in [9.17, 15) is 45.6 Å². The van der Waals surface area contributed by atoms with E-state index in [1.165, 1.54) is 43.3 Å². The zero-order valence-electron chi connectivity index (χ0n) is 21.5. The highest BCUT2D eigenvalue weighted by molar-refractivity contribution is 5.86. The normalized spacial score (nSPS) is 34.0. The minimum absolute atomic E-state index is 0.00857. The van der Waals surface area contributed by atoms with Gasteiger partial charge in [0.05, 0.1) is 12.7 Å². The van der Waals surface area contributed by atoms with Crippen LogP contribution in [0.1, 0.15) is 6.92 Å². The molecule has 3 heterocycles. The van der Waals surface area contributed by atoms with Gasteiger partial charge in [-0.2, -0.15) is 0 Å². The van der Waals surface area contributed by atoms with E-state index >= 15 is 0 Å². The van der Waals surface area contributed by atoms with Crippen molar-refractivity contribution in [1.29, 1.82) is 0 Å². The molecule has 2 aromatic carbocycles. The summed E-state index contributed by atoms with van der Waals surface area (Å²) >= 11 is 0. The molecule has 2 aliphatic rings. The van der Waals surface area contributed by atoms with Crippen molar-refractivity contribution in [2.24, 2.45) is 0 Å². The average molecular weight is 579 g/mol. The van der Waals surface area contributed by atoms with Crippen LogP contribution in [-0.4, -0.2) is 109 Å². The third-order valence-electron chi connectivity index (χ3n) is 7.11. The fraction of sp³-hybridized carbons (Fsp3) is 0.444. The van der Waals surface area contributed by atoms with Gasteiger partial charge in [-0.25, -0.2) is 0 Å². The zero-order valence-corrected chi connectivity index (χ0v) is 21.5. The molecule has 14 heteroatoms. The third kappa shape index (κ3) is 5.61. The molecule has 0 spiro atoms. The van der Waals surface area contributed by atoms with Gasteiger partial charge < -0.3 is 64.2 Å². The van der Waals surface area contributed by atoms with Gasteiger partial charge in [-0.05, 0) is 31.2 Å². The lowest BCUT2D eigenvalue weighted by atomic mass is 9.97. The second kappa shape index (κ2) is 11.5.